The summed E-state index contributed by atoms with van der Waals surface area (Å²) in [5.74, 6) is 0.944. The Labute approximate surface area is 145 Å². The Morgan fingerprint density at radius 2 is 1.96 bits per heavy atom. The van der Waals surface area contributed by atoms with Crippen LogP contribution in [-0.2, 0) is 0 Å². The molecule has 0 saturated heterocycles. The number of hydrogen-bond acceptors (Lipinski definition) is 5. The van der Waals surface area contributed by atoms with Crippen molar-refractivity contribution in [1.29, 1.82) is 0 Å². The Kier molecular flexibility index (Phi) is 4.66. The van der Waals surface area contributed by atoms with Crippen LogP contribution in [0.5, 0.6) is 5.75 Å². The van der Waals surface area contributed by atoms with E-state index >= 15 is 0 Å². The summed E-state index contributed by atoms with van der Waals surface area (Å²) in [6.07, 6.45) is 6.76. The second kappa shape index (κ2) is 6.73. The molecule has 1 aromatic carbocycles. The second-order valence-electron chi connectivity index (χ2n) is 5.75. The number of benzene rings is 1. The number of aromatic nitrogens is 3. The van der Waals surface area contributed by atoms with E-state index in [9.17, 15) is 5.11 Å². The van der Waals surface area contributed by atoms with Crippen molar-refractivity contribution in [1.82, 2.24) is 14.7 Å². The third-order valence-corrected chi connectivity index (χ3v) is 4.65. The first-order valence-electron chi connectivity index (χ1n) is 7.91. The van der Waals surface area contributed by atoms with Gasteiger partial charge in [-0.25, -0.2) is 9.97 Å². The van der Waals surface area contributed by atoms with Gasteiger partial charge in [0.05, 0.1) is 11.6 Å². The van der Waals surface area contributed by atoms with Gasteiger partial charge >= 0.3 is 0 Å². The Balaban J connectivity index is 2.13. The molecule has 2 aromatic heterocycles. The van der Waals surface area contributed by atoms with Crippen LogP contribution in [0.25, 0.3) is 22.4 Å². The second-order valence-corrected chi connectivity index (χ2v) is 6.59. The lowest BCUT2D eigenvalue weighted by atomic mass is 10.1. The summed E-state index contributed by atoms with van der Waals surface area (Å²) in [7, 11) is 0. The van der Waals surface area contributed by atoms with Gasteiger partial charge in [0.25, 0.3) is 0 Å². The maximum atomic E-state index is 9.96. The van der Waals surface area contributed by atoms with Gasteiger partial charge in [0, 0.05) is 16.7 Å². The number of aromatic hydroxyl groups is 1. The molecular weight excluding hydrogens is 322 g/mol. The van der Waals surface area contributed by atoms with Crippen molar-refractivity contribution in [2.24, 2.45) is 0 Å². The normalized spacial score (nSPS) is 11.2. The molecule has 24 heavy (non-hydrogen) atoms. The highest BCUT2D eigenvalue weighted by Crippen LogP contribution is 2.30. The molecule has 0 unspecified atom stereocenters. The first-order chi connectivity index (χ1) is 11.5. The maximum absolute atomic E-state index is 9.96. The molecule has 3 aromatic rings. The molecule has 3 rings (SSSR count). The minimum Gasteiger partial charge on any atom is -0.507 e. The topological polar surface area (TPSA) is 60.2 Å². The fraction of sp³-hybridized carbons (Fsp3) is 0.333. The van der Waals surface area contributed by atoms with E-state index in [1.165, 1.54) is 0 Å². The minimum absolute atomic E-state index is 0.319. The molecule has 1 N–H and O–H groups in total. The van der Waals surface area contributed by atoms with Crippen molar-refractivity contribution in [3.63, 3.8) is 0 Å². The monoisotopic (exact) mass is 343 g/mol. The molecule has 0 radical (unpaired) electrons. The fourth-order valence-electron chi connectivity index (χ4n) is 2.63. The summed E-state index contributed by atoms with van der Waals surface area (Å²) >= 11 is 1.65. The predicted molar refractivity (Wildman–Crippen MR) is 97.6 cm³/mol. The predicted octanol–water partition coefficient (Wildman–Crippen LogP) is 3.98. The summed E-state index contributed by atoms with van der Waals surface area (Å²) in [5, 5.41) is 10.9. The summed E-state index contributed by atoms with van der Waals surface area (Å²) in [5.41, 5.74) is 3.28. The number of rotatable bonds is 5. The van der Waals surface area contributed by atoms with Crippen LogP contribution >= 0.6 is 11.8 Å². The highest BCUT2D eigenvalue weighted by Gasteiger charge is 2.14. The van der Waals surface area contributed by atoms with Crippen molar-refractivity contribution in [2.45, 2.75) is 32.1 Å². The molecule has 0 atom stereocenters. The van der Waals surface area contributed by atoms with E-state index in [1.807, 2.05) is 44.6 Å². The summed E-state index contributed by atoms with van der Waals surface area (Å²) in [6.45, 7) is 6.46. The highest BCUT2D eigenvalue weighted by atomic mass is 32.2. The van der Waals surface area contributed by atoms with Crippen LogP contribution < -0.4 is 4.84 Å². The van der Waals surface area contributed by atoms with Crippen molar-refractivity contribution in [2.75, 3.05) is 12.9 Å². The SMILES string of the molecule is CCCOn1cc(SC)c2cnc(-c3cc(C)c(O)c(C)c3)nc21. The molecule has 0 spiro atoms. The molecule has 2 heterocycles. The Bertz CT molecular complexity index is 866. The van der Waals surface area contributed by atoms with Crippen LogP contribution in [0.2, 0.25) is 0 Å². The highest BCUT2D eigenvalue weighted by molar-refractivity contribution is 7.98. The van der Waals surface area contributed by atoms with Gasteiger partial charge in [0.1, 0.15) is 12.4 Å². The van der Waals surface area contributed by atoms with Crippen molar-refractivity contribution in [3.8, 4) is 17.1 Å². The van der Waals surface area contributed by atoms with Gasteiger partial charge < -0.3 is 9.94 Å². The Morgan fingerprint density at radius 3 is 2.58 bits per heavy atom. The number of thioether (sulfide) groups is 1. The maximum Gasteiger partial charge on any atom is 0.180 e. The largest absolute Gasteiger partial charge is 0.507 e. The van der Waals surface area contributed by atoms with E-state index in [-0.39, 0.29) is 0 Å². The van der Waals surface area contributed by atoms with Crippen LogP contribution in [0.3, 0.4) is 0 Å². The lowest BCUT2D eigenvalue weighted by Gasteiger charge is -2.09. The molecule has 0 bridgehead atoms. The lowest BCUT2D eigenvalue weighted by molar-refractivity contribution is 0.119. The average Bonchev–Trinajstić information content (AvgIpc) is 2.94. The van der Waals surface area contributed by atoms with E-state index in [4.69, 9.17) is 9.82 Å². The van der Waals surface area contributed by atoms with Crippen LogP contribution in [-0.4, -0.2) is 32.7 Å². The van der Waals surface area contributed by atoms with Crippen molar-refractivity contribution >= 4 is 22.8 Å². The molecule has 126 valence electrons. The first kappa shape index (κ1) is 16.6. The molecule has 0 aliphatic heterocycles. The molecular formula is C18H21N3O2S. The minimum atomic E-state index is 0.319. The van der Waals surface area contributed by atoms with Gasteiger partial charge in [-0.1, -0.05) is 6.92 Å². The average molecular weight is 343 g/mol. The molecule has 5 nitrogen and oxygen atoms in total. The van der Waals surface area contributed by atoms with Crippen LogP contribution in [0.1, 0.15) is 24.5 Å². The number of phenolic OH excluding ortho intramolecular Hbond substituents is 1. The summed E-state index contributed by atoms with van der Waals surface area (Å²) in [6, 6.07) is 3.80. The molecule has 0 aliphatic carbocycles. The third kappa shape index (κ3) is 2.94. The molecule has 0 amide bonds. The smallest absolute Gasteiger partial charge is 0.180 e. The number of hydrogen-bond donors (Lipinski definition) is 1. The van der Waals surface area contributed by atoms with E-state index < -0.39 is 0 Å². The zero-order valence-corrected chi connectivity index (χ0v) is 15.1. The lowest BCUT2D eigenvalue weighted by Crippen LogP contribution is -2.11. The number of fused-ring (bicyclic) bond motifs is 1. The zero-order chi connectivity index (χ0) is 17.3. The summed E-state index contributed by atoms with van der Waals surface area (Å²) < 4.78 is 1.73. The number of phenols is 1. The van der Waals surface area contributed by atoms with Crippen LogP contribution in [0.4, 0.5) is 0 Å². The molecule has 0 fully saturated rings. The van der Waals surface area contributed by atoms with E-state index in [0.29, 0.717) is 18.2 Å². The zero-order valence-electron chi connectivity index (χ0n) is 14.3. The van der Waals surface area contributed by atoms with E-state index in [0.717, 1.165) is 39.0 Å². The Morgan fingerprint density at radius 1 is 1.25 bits per heavy atom. The van der Waals surface area contributed by atoms with Crippen LogP contribution in [0.15, 0.2) is 29.4 Å². The van der Waals surface area contributed by atoms with Gasteiger partial charge in [-0.2, -0.15) is 4.73 Å². The standard InChI is InChI=1S/C18H21N3O2S/c1-5-6-23-21-10-15(24-4)14-9-19-17(20-18(14)21)13-7-11(2)16(22)12(3)8-13/h7-10,22H,5-6H2,1-4H3. The van der Waals surface area contributed by atoms with Gasteiger partial charge in [-0.05, 0) is 49.8 Å². The van der Waals surface area contributed by atoms with Crippen molar-refractivity contribution < 1.29 is 9.94 Å². The molecule has 6 heteroatoms. The van der Waals surface area contributed by atoms with Crippen LogP contribution in [0, 0.1) is 13.8 Å². The Hall–Kier alpha value is -2.21. The molecule has 0 saturated carbocycles. The van der Waals surface area contributed by atoms with Crippen molar-refractivity contribution in [3.05, 3.63) is 35.7 Å². The van der Waals surface area contributed by atoms with Gasteiger partial charge in [0.2, 0.25) is 0 Å². The quantitative estimate of drug-likeness (QED) is 0.710. The number of aryl methyl sites for hydroxylation is 2. The third-order valence-electron chi connectivity index (χ3n) is 3.88. The van der Waals surface area contributed by atoms with E-state index in [2.05, 4.69) is 11.9 Å². The fourth-order valence-corrected chi connectivity index (χ4v) is 3.19. The van der Waals surface area contributed by atoms with Gasteiger partial charge in [0.15, 0.2) is 11.5 Å². The van der Waals surface area contributed by atoms with Gasteiger partial charge in [-0.15, -0.1) is 11.8 Å². The van der Waals surface area contributed by atoms with E-state index in [1.54, 1.807) is 16.5 Å². The molecule has 0 aliphatic rings. The first-order valence-corrected chi connectivity index (χ1v) is 9.13. The summed E-state index contributed by atoms with van der Waals surface area (Å²) in [4.78, 5) is 16.1. The van der Waals surface area contributed by atoms with Gasteiger partial charge in [-0.3, -0.25) is 0 Å². The number of nitrogens with zero attached hydrogens (tertiary/aromatic N) is 3.